The lowest BCUT2D eigenvalue weighted by molar-refractivity contribution is 0.359. The molecule has 8 heteroatoms. The van der Waals surface area contributed by atoms with Gasteiger partial charge in [0.05, 0.1) is 0 Å². The maximum absolute atomic E-state index is 11.1. The Kier molecular flexibility index (Phi) is 5.05. The van der Waals surface area contributed by atoms with Crippen LogP contribution in [0, 0.1) is 0 Å². The van der Waals surface area contributed by atoms with Crippen molar-refractivity contribution in [2.75, 3.05) is 0 Å². The maximum atomic E-state index is 11.1. The number of hydrogen-bond donors (Lipinski definition) is 4. The number of aryl methyl sites for hydroxylation is 1. The molecule has 0 aliphatic heterocycles. The van der Waals surface area contributed by atoms with Crippen LogP contribution >= 0.6 is 14.1 Å². The van der Waals surface area contributed by atoms with Gasteiger partial charge in [0.15, 0.2) is 6.49 Å². The Hall–Kier alpha value is -0.0600. The van der Waals surface area contributed by atoms with E-state index in [9.17, 15) is 14.4 Å². The summed E-state index contributed by atoms with van der Waals surface area (Å²) in [6, 6.07) is 9.03. The van der Waals surface area contributed by atoms with E-state index in [1.807, 2.05) is 6.07 Å². The Labute approximate surface area is 104 Å². The van der Waals surface area contributed by atoms with Crippen LogP contribution in [0.15, 0.2) is 30.3 Å². The van der Waals surface area contributed by atoms with E-state index in [1.54, 1.807) is 24.3 Å². The van der Waals surface area contributed by atoms with Crippen molar-refractivity contribution < 1.29 is 24.1 Å². The fourth-order valence-corrected chi connectivity index (χ4v) is 5.39. The summed E-state index contributed by atoms with van der Waals surface area (Å²) >= 11 is 4.40. The number of hydrogen-bond acceptors (Lipinski definition) is 2. The predicted octanol–water partition coefficient (Wildman–Crippen LogP) is 1.42. The molecular weight excluding hydrogens is 282 g/mol. The smallest absolute Gasteiger partial charge is 0.338 e. The van der Waals surface area contributed by atoms with E-state index in [4.69, 9.17) is 9.79 Å². The molecule has 1 unspecified atom stereocenters. The fraction of sp³-hybridized carbons (Fsp3) is 0.333. The Morgan fingerprint density at radius 1 is 1.12 bits per heavy atom. The van der Waals surface area contributed by atoms with Gasteiger partial charge in [-0.3, -0.25) is 4.57 Å². The number of benzene rings is 1. The van der Waals surface area contributed by atoms with E-state index in [0.29, 0.717) is 6.42 Å². The fourth-order valence-electron chi connectivity index (χ4n) is 1.47. The van der Waals surface area contributed by atoms with Gasteiger partial charge in [-0.05, 0) is 30.2 Å². The first-order valence-electron chi connectivity index (χ1n) is 4.85. The first-order valence-corrected chi connectivity index (χ1v) is 9.31. The third-order valence-electron chi connectivity index (χ3n) is 2.31. The molecule has 17 heavy (non-hydrogen) atoms. The van der Waals surface area contributed by atoms with Gasteiger partial charge in [-0.15, -0.1) is 0 Å². The van der Waals surface area contributed by atoms with Crippen LogP contribution in [-0.2, 0) is 22.8 Å². The maximum Gasteiger partial charge on any atom is 0.338 e. The second-order valence-electron chi connectivity index (χ2n) is 3.68. The van der Waals surface area contributed by atoms with Crippen LogP contribution in [0.4, 0.5) is 0 Å². The van der Waals surface area contributed by atoms with Crippen molar-refractivity contribution >= 4 is 25.9 Å². The van der Waals surface area contributed by atoms with Gasteiger partial charge in [0, 0.05) is 0 Å². The average Bonchev–Trinajstić information content (AvgIpc) is 2.15. The summed E-state index contributed by atoms with van der Waals surface area (Å²) in [6.07, 6.45) is 0.300. The molecule has 0 aliphatic carbocycles. The van der Waals surface area contributed by atoms with Crippen LogP contribution < -0.4 is 0 Å². The van der Waals surface area contributed by atoms with Crippen molar-refractivity contribution in [3.05, 3.63) is 35.9 Å². The Bertz CT molecular complexity index is 430. The van der Waals surface area contributed by atoms with Crippen LogP contribution in [0.3, 0.4) is 0 Å². The predicted molar refractivity (Wildman–Crippen MR) is 69.3 cm³/mol. The second-order valence-corrected chi connectivity index (χ2v) is 9.31. The summed E-state index contributed by atoms with van der Waals surface area (Å²) in [5.41, 5.74) is 0.870. The summed E-state index contributed by atoms with van der Waals surface area (Å²) in [5.74, 6) is 0. The highest BCUT2D eigenvalue weighted by Gasteiger charge is 2.39. The van der Waals surface area contributed by atoms with E-state index in [1.165, 1.54) is 0 Å². The topological polar surface area (TPSA) is 98.0 Å². The van der Waals surface area contributed by atoms with Crippen molar-refractivity contribution in [1.82, 2.24) is 0 Å². The molecule has 0 aliphatic rings. The van der Waals surface area contributed by atoms with E-state index >= 15 is 0 Å². The third-order valence-corrected chi connectivity index (χ3v) is 7.48. The Morgan fingerprint density at radius 3 is 2.06 bits per heavy atom. The molecule has 1 aromatic rings. The van der Waals surface area contributed by atoms with Gasteiger partial charge in [0.25, 0.3) is 0 Å². The minimum atomic E-state index is -4.59. The van der Waals surface area contributed by atoms with Crippen molar-refractivity contribution in [1.29, 1.82) is 0 Å². The Balaban J connectivity index is 2.77. The summed E-state index contributed by atoms with van der Waals surface area (Å²) in [7, 11) is -4.59. The lowest BCUT2D eigenvalue weighted by atomic mass is 10.1. The Morgan fingerprint density at radius 2 is 1.65 bits per heavy atom. The SMILES string of the molecule is O=P(O)(O)C(CCc1ccccc1)P(O)(O)=S. The van der Waals surface area contributed by atoms with Crippen molar-refractivity contribution in [3.63, 3.8) is 0 Å². The molecule has 0 spiro atoms. The van der Waals surface area contributed by atoms with Crippen LogP contribution in [0.2, 0.25) is 0 Å². The van der Waals surface area contributed by atoms with Crippen LogP contribution in [0.25, 0.3) is 0 Å². The van der Waals surface area contributed by atoms with Gasteiger partial charge in [0.1, 0.15) is 5.40 Å². The molecule has 1 aromatic carbocycles. The minimum Gasteiger partial charge on any atom is -0.345 e. The zero-order valence-corrected chi connectivity index (χ0v) is 11.5. The molecule has 0 fully saturated rings. The molecule has 0 radical (unpaired) electrons. The van der Waals surface area contributed by atoms with E-state index in [-0.39, 0.29) is 6.42 Å². The van der Waals surface area contributed by atoms with Crippen molar-refractivity contribution in [2.45, 2.75) is 18.2 Å². The number of rotatable bonds is 5. The first-order chi connectivity index (χ1) is 7.71. The molecule has 0 heterocycles. The van der Waals surface area contributed by atoms with Gasteiger partial charge >= 0.3 is 7.60 Å². The molecule has 1 atom stereocenters. The van der Waals surface area contributed by atoms with Crippen LogP contribution in [-0.4, -0.2) is 25.0 Å². The summed E-state index contributed by atoms with van der Waals surface area (Å²) in [5, 5.41) is -1.55. The van der Waals surface area contributed by atoms with E-state index in [0.717, 1.165) is 5.56 Å². The standard InChI is InChI=1S/C9H14O5P2S/c10-15(11,12)9(16(13,14)17)7-6-8-4-2-1-3-5-8/h1-5,9H,6-7H2,(H2,10,11,12)(H2,13,14,17). The summed E-state index contributed by atoms with van der Waals surface area (Å²) < 4.78 is 11.1. The largest absolute Gasteiger partial charge is 0.345 e. The van der Waals surface area contributed by atoms with Gasteiger partial charge in [-0.25, -0.2) is 0 Å². The lowest BCUT2D eigenvalue weighted by Crippen LogP contribution is -2.10. The molecule has 1 rings (SSSR count). The minimum absolute atomic E-state index is 0.0431. The summed E-state index contributed by atoms with van der Waals surface area (Å²) in [6.45, 7) is -3.96. The monoisotopic (exact) mass is 296 g/mol. The average molecular weight is 296 g/mol. The molecule has 4 N–H and O–H groups in total. The molecule has 0 bridgehead atoms. The molecule has 0 saturated carbocycles. The van der Waals surface area contributed by atoms with Gasteiger partial charge in [0.2, 0.25) is 0 Å². The lowest BCUT2D eigenvalue weighted by Gasteiger charge is -2.22. The zero-order chi connectivity index (χ0) is 13.1. The van der Waals surface area contributed by atoms with E-state index < -0.39 is 19.5 Å². The molecule has 0 amide bonds. The molecule has 0 saturated heterocycles. The van der Waals surface area contributed by atoms with Gasteiger partial charge in [-0.2, -0.15) is 0 Å². The van der Waals surface area contributed by atoms with Crippen LogP contribution in [0.5, 0.6) is 0 Å². The quantitative estimate of drug-likeness (QED) is 0.613. The van der Waals surface area contributed by atoms with Crippen LogP contribution in [0.1, 0.15) is 12.0 Å². The normalized spacial score (nSPS) is 14.6. The zero-order valence-electron chi connectivity index (χ0n) is 8.88. The third kappa shape index (κ3) is 4.98. The highest BCUT2D eigenvalue weighted by molar-refractivity contribution is 8.11. The van der Waals surface area contributed by atoms with Gasteiger partial charge < -0.3 is 19.6 Å². The highest BCUT2D eigenvalue weighted by Crippen LogP contribution is 2.61. The molecule has 5 nitrogen and oxygen atoms in total. The molecular formula is C9H14O5P2S. The molecule has 96 valence electrons. The summed E-state index contributed by atoms with van der Waals surface area (Å²) in [4.78, 5) is 36.6. The molecule has 0 aromatic heterocycles. The van der Waals surface area contributed by atoms with E-state index in [2.05, 4.69) is 11.8 Å². The van der Waals surface area contributed by atoms with Crippen molar-refractivity contribution in [3.8, 4) is 0 Å². The first kappa shape index (κ1) is 15.0. The van der Waals surface area contributed by atoms with Gasteiger partial charge in [-0.1, -0.05) is 30.3 Å². The highest BCUT2D eigenvalue weighted by atomic mass is 32.5. The second kappa shape index (κ2) is 5.72. The van der Waals surface area contributed by atoms with Crippen molar-refractivity contribution in [2.24, 2.45) is 0 Å².